The molecule has 0 radical (unpaired) electrons. The summed E-state index contributed by atoms with van der Waals surface area (Å²) in [7, 11) is 0. The van der Waals surface area contributed by atoms with E-state index in [9.17, 15) is 0 Å². The van der Waals surface area contributed by atoms with Gasteiger partial charge in [-0.1, -0.05) is 43.5 Å². The first-order valence-electron chi connectivity index (χ1n) is 6.07. The SMILES string of the molecule is CCC1(C(Cl)c2ccc(Cl)cc2)CCCC1. The van der Waals surface area contributed by atoms with Gasteiger partial charge >= 0.3 is 0 Å². The molecule has 0 saturated heterocycles. The molecule has 1 unspecified atom stereocenters. The Balaban J connectivity index is 2.23. The second-order valence-electron chi connectivity index (χ2n) is 4.84. The molecule has 2 heteroatoms. The Morgan fingerprint density at radius 3 is 2.25 bits per heavy atom. The van der Waals surface area contributed by atoms with Crippen LogP contribution < -0.4 is 0 Å². The van der Waals surface area contributed by atoms with Gasteiger partial charge < -0.3 is 0 Å². The summed E-state index contributed by atoms with van der Waals surface area (Å²) in [6, 6.07) is 8.00. The third kappa shape index (κ3) is 2.24. The van der Waals surface area contributed by atoms with Crippen molar-refractivity contribution in [1.82, 2.24) is 0 Å². The van der Waals surface area contributed by atoms with Crippen LogP contribution in [0.4, 0.5) is 0 Å². The van der Waals surface area contributed by atoms with E-state index in [1.54, 1.807) is 0 Å². The maximum absolute atomic E-state index is 6.68. The van der Waals surface area contributed by atoms with Crippen molar-refractivity contribution in [2.24, 2.45) is 5.41 Å². The fourth-order valence-electron chi connectivity index (χ4n) is 2.85. The number of rotatable bonds is 3. The number of halogens is 2. The standard InChI is InChI=1S/C14H18Cl2/c1-2-14(9-3-4-10-14)13(16)11-5-7-12(15)8-6-11/h5-8,13H,2-4,9-10H2,1H3. The van der Waals surface area contributed by atoms with Crippen molar-refractivity contribution in [2.75, 3.05) is 0 Å². The second kappa shape index (κ2) is 4.98. The van der Waals surface area contributed by atoms with Crippen LogP contribution in [0.15, 0.2) is 24.3 Å². The van der Waals surface area contributed by atoms with Crippen molar-refractivity contribution in [1.29, 1.82) is 0 Å². The molecule has 0 bridgehead atoms. The zero-order chi connectivity index (χ0) is 11.6. The van der Waals surface area contributed by atoms with Crippen molar-refractivity contribution in [3.05, 3.63) is 34.9 Å². The molecule has 1 saturated carbocycles. The summed E-state index contributed by atoms with van der Waals surface area (Å²) >= 11 is 12.6. The highest BCUT2D eigenvalue weighted by Gasteiger charge is 2.39. The lowest BCUT2D eigenvalue weighted by Crippen LogP contribution is -2.21. The Morgan fingerprint density at radius 1 is 1.19 bits per heavy atom. The molecule has 2 rings (SSSR count). The van der Waals surface area contributed by atoms with Crippen LogP contribution >= 0.6 is 23.2 Å². The van der Waals surface area contributed by atoms with Gasteiger partial charge in [-0.15, -0.1) is 11.6 Å². The Hall–Kier alpha value is -0.200. The predicted molar refractivity (Wildman–Crippen MR) is 71.2 cm³/mol. The van der Waals surface area contributed by atoms with Crippen LogP contribution in [-0.2, 0) is 0 Å². The van der Waals surface area contributed by atoms with Gasteiger partial charge in [0.2, 0.25) is 0 Å². The van der Waals surface area contributed by atoms with Crippen LogP contribution in [-0.4, -0.2) is 0 Å². The third-order valence-electron chi connectivity index (χ3n) is 4.00. The smallest absolute Gasteiger partial charge is 0.0641 e. The predicted octanol–water partition coefficient (Wildman–Crippen LogP) is 5.59. The van der Waals surface area contributed by atoms with Crippen LogP contribution in [0.1, 0.15) is 50.0 Å². The van der Waals surface area contributed by atoms with Gasteiger partial charge in [0, 0.05) is 5.02 Å². The number of hydrogen-bond acceptors (Lipinski definition) is 0. The Kier molecular flexibility index (Phi) is 3.81. The van der Waals surface area contributed by atoms with E-state index < -0.39 is 0 Å². The van der Waals surface area contributed by atoms with Crippen LogP contribution in [0.2, 0.25) is 5.02 Å². The average Bonchev–Trinajstić information content (AvgIpc) is 2.79. The number of benzene rings is 1. The molecule has 1 aromatic rings. The summed E-state index contributed by atoms with van der Waals surface area (Å²) < 4.78 is 0. The molecule has 0 aromatic heterocycles. The fourth-order valence-corrected chi connectivity index (χ4v) is 3.49. The quantitative estimate of drug-likeness (QED) is 0.619. The highest BCUT2D eigenvalue weighted by atomic mass is 35.5. The van der Waals surface area contributed by atoms with Crippen LogP contribution in [0.5, 0.6) is 0 Å². The molecule has 0 heterocycles. The van der Waals surface area contributed by atoms with Gasteiger partial charge in [0.1, 0.15) is 0 Å². The summed E-state index contributed by atoms with van der Waals surface area (Å²) in [5.41, 5.74) is 1.53. The summed E-state index contributed by atoms with van der Waals surface area (Å²) in [5, 5.41) is 0.918. The first-order chi connectivity index (χ1) is 7.68. The van der Waals surface area contributed by atoms with Gasteiger partial charge in [-0.3, -0.25) is 0 Å². The number of hydrogen-bond donors (Lipinski definition) is 0. The van der Waals surface area contributed by atoms with E-state index in [4.69, 9.17) is 23.2 Å². The van der Waals surface area contributed by atoms with E-state index in [0.717, 1.165) is 5.02 Å². The van der Waals surface area contributed by atoms with Crippen molar-refractivity contribution < 1.29 is 0 Å². The van der Waals surface area contributed by atoms with E-state index in [1.807, 2.05) is 12.1 Å². The normalized spacial score (nSPS) is 20.9. The van der Waals surface area contributed by atoms with Gasteiger partial charge in [0.05, 0.1) is 5.38 Å². The van der Waals surface area contributed by atoms with Crippen molar-refractivity contribution in [3.8, 4) is 0 Å². The molecular formula is C14H18Cl2. The molecule has 1 aliphatic carbocycles. The maximum Gasteiger partial charge on any atom is 0.0641 e. The minimum atomic E-state index is 0.136. The molecule has 0 aliphatic heterocycles. The van der Waals surface area contributed by atoms with Crippen molar-refractivity contribution in [2.45, 2.75) is 44.4 Å². The maximum atomic E-state index is 6.68. The first kappa shape index (κ1) is 12.3. The van der Waals surface area contributed by atoms with Gasteiger partial charge in [-0.05, 0) is 42.4 Å². The molecule has 0 nitrogen and oxygen atoms in total. The lowest BCUT2D eigenvalue weighted by Gasteiger charge is -2.33. The summed E-state index contributed by atoms with van der Waals surface area (Å²) in [4.78, 5) is 0. The molecule has 0 N–H and O–H groups in total. The molecule has 88 valence electrons. The molecule has 1 atom stereocenters. The Morgan fingerprint density at radius 2 is 1.75 bits per heavy atom. The molecule has 16 heavy (non-hydrogen) atoms. The largest absolute Gasteiger partial charge is 0.117 e. The minimum Gasteiger partial charge on any atom is -0.117 e. The zero-order valence-electron chi connectivity index (χ0n) is 9.68. The van der Waals surface area contributed by atoms with Crippen LogP contribution in [0.25, 0.3) is 0 Å². The van der Waals surface area contributed by atoms with Crippen molar-refractivity contribution in [3.63, 3.8) is 0 Å². The summed E-state index contributed by atoms with van der Waals surface area (Å²) in [5.74, 6) is 0. The van der Waals surface area contributed by atoms with Gasteiger partial charge in [0.15, 0.2) is 0 Å². The third-order valence-corrected chi connectivity index (χ3v) is 4.97. The molecule has 0 spiro atoms. The fraction of sp³-hybridized carbons (Fsp3) is 0.571. The van der Waals surface area contributed by atoms with Gasteiger partial charge in [-0.25, -0.2) is 0 Å². The Bertz CT molecular complexity index is 336. The van der Waals surface area contributed by atoms with Gasteiger partial charge in [-0.2, -0.15) is 0 Å². The van der Waals surface area contributed by atoms with E-state index in [-0.39, 0.29) is 5.38 Å². The topological polar surface area (TPSA) is 0 Å². The highest BCUT2D eigenvalue weighted by Crippen LogP contribution is 2.53. The molecular weight excluding hydrogens is 239 g/mol. The molecule has 1 fully saturated rings. The molecule has 1 aromatic carbocycles. The van der Waals surface area contributed by atoms with Crippen LogP contribution in [0, 0.1) is 5.41 Å². The number of alkyl halides is 1. The lowest BCUT2D eigenvalue weighted by molar-refractivity contribution is 0.271. The van der Waals surface area contributed by atoms with E-state index in [0.29, 0.717) is 5.41 Å². The monoisotopic (exact) mass is 256 g/mol. The molecule has 1 aliphatic rings. The Labute approximate surface area is 108 Å². The lowest BCUT2D eigenvalue weighted by atomic mass is 9.77. The minimum absolute atomic E-state index is 0.136. The highest BCUT2D eigenvalue weighted by molar-refractivity contribution is 6.30. The van der Waals surface area contributed by atoms with E-state index in [2.05, 4.69) is 19.1 Å². The first-order valence-corrected chi connectivity index (χ1v) is 6.89. The van der Waals surface area contributed by atoms with Gasteiger partial charge in [0.25, 0.3) is 0 Å². The van der Waals surface area contributed by atoms with Crippen LogP contribution in [0.3, 0.4) is 0 Å². The van der Waals surface area contributed by atoms with E-state index >= 15 is 0 Å². The average molecular weight is 257 g/mol. The summed E-state index contributed by atoms with van der Waals surface area (Å²) in [6.07, 6.45) is 6.35. The molecule has 0 amide bonds. The van der Waals surface area contributed by atoms with Crippen molar-refractivity contribution >= 4 is 23.2 Å². The second-order valence-corrected chi connectivity index (χ2v) is 5.71. The van der Waals surface area contributed by atoms with E-state index in [1.165, 1.54) is 37.7 Å². The zero-order valence-corrected chi connectivity index (χ0v) is 11.2. The summed E-state index contributed by atoms with van der Waals surface area (Å²) in [6.45, 7) is 2.26.